The highest BCUT2D eigenvalue weighted by molar-refractivity contribution is 5.97. The number of benzene rings is 2. The van der Waals surface area contributed by atoms with Gasteiger partial charge in [-0.1, -0.05) is 24.3 Å². The van der Waals surface area contributed by atoms with Gasteiger partial charge in [0.25, 0.3) is 5.91 Å². The Morgan fingerprint density at radius 1 is 1.16 bits per heavy atom. The minimum Gasteiger partial charge on any atom is -0.507 e. The van der Waals surface area contributed by atoms with Crippen LogP contribution in [0.15, 0.2) is 42.5 Å². The summed E-state index contributed by atoms with van der Waals surface area (Å²) in [6.45, 7) is 2.82. The zero-order valence-electron chi connectivity index (χ0n) is 17.6. The molecule has 2 aromatic carbocycles. The van der Waals surface area contributed by atoms with Crippen LogP contribution in [0.3, 0.4) is 0 Å². The van der Waals surface area contributed by atoms with Crippen LogP contribution in [0.4, 0.5) is 0 Å². The largest absolute Gasteiger partial charge is 0.507 e. The molecule has 0 aromatic heterocycles. The van der Waals surface area contributed by atoms with E-state index in [0.29, 0.717) is 24.0 Å². The third-order valence-corrected chi connectivity index (χ3v) is 5.37. The highest BCUT2D eigenvalue weighted by atomic mass is 16.5. The number of hydrogen-bond acceptors (Lipinski definition) is 6. The fourth-order valence-electron chi connectivity index (χ4n) is 3.81. The van der Waals surface area contributed by atoms with E-state index in [4.69, 9.17) is 9.47 Å². The normalized spacial score (nSPS) is 15.9. The molecule has 1 atom stereocenters. The average Bonchev–Trinajstić information content (AvgIpc) is 2.78. The maximum atomic E-state index is 13.4. The molecule has 0 saturated carbocycles. The van der Waals surface area contributed by atoms with Crippen molar-refractivity contribution in [2.45, 2.75) is 38.6 Å². The van der Waals surface area contributed by atoms with Crippen LogP contribution in [0.25, 0.3) is 0 Å². The second-order valence-corrected chi connectivity index (χ2v) is 7.40. The molecule has 31 heavy (non-hydrogen) atoms. The number of nitrogens with zero attached hydrogens (tertiary/aromatic N) is 1. The van der Waals surface area contributed by atoms with E-state index in [1.54, 1.807) is 48.2 Å². The second kappa shape index (κ2) is 10.6. The molecule has 3 rings (SSSR count). The van der Waals surface area contributed by atoms with Crippen molar-refractivity contribution < 1.29 is 29.0 Å². The maximum absolute atomic E-state index is 13.4. The fourth-order valence-corrected chi connectivity index (χ4v) is 3.81. The van der Waals surface area contributed by atoms with Crippen molar-refractivity contribution in [1.82, 2.24) is 4.90 Å². The molecule has 7 nitrogen and oxygen atoms in total. The van der Waals surface area contributed by atoms with Gasteiger partial charge in [-0.15, -0.1) is 0 Å². The van der Waals surface area contributed by atoms with Gasteiger partial charge < -0.3 is 19.5 Å². The average molecular weight is 425 g/mol. The third kappa shape index (κ3) is 5.42. The van der Waals surface area contributed by atoms with Crippen molar-refractivity contribution in [3.63, 3.8) is 0 Å². The van der Waals surface area contributed by atoms with Crippen LogP contribution >= 0.6 is 0 Å². The predicted molar refractivity (Wildman–Crippen MR) is 114 cm³/mol. The van der Waals surface area contributed by atoms with Crippen molar-refractivity contribution in [2.24, 2.45) is 0 Å². The Morgan fingerprint density at radius 2 is 1.97 bits per heavy atom. The summed E-state index contributed by atoms with van der Waals surface area (Å²) in [6.07, 6.45) is 3.20. The van der Waals surface area contributed by atoms with Gasteiger partial charge in [0.05, 0.1) is 24.6 Å². The molecule has 1 aliphatic heterocycles. The molecular formula is C24H27NO6. The van der Waals surface area contributed by atoms with Crippen molar-refractivity contribution in [1.29, 1.82) is 0 Å². The summed E-state index contributed by atoms with van der Waals surface area (Å²) in [4.78, 5) is 38.4. The molecule has 0 radical (unpaired) electrons. The Balaban J connectivity index is 1.77. The van der Waals surface area contributed by atoms with Gasteiger partial charge in [-0.2, -0.15) is 0 Å². The standard InChI is InChI=1S/C24H27NO6/c1-2-30-23(28)14-17-8-3-4-10-19(17)24(29)25-13-6-5-9-18(25)16-31-22-12-7-11-21(27)20(22)15-26/h3-4,7-8,10-12,15,18,27H,2,5-6,9,13-14,16H2,1H3/t18-/m0/s1. The maximum Gasteiger partial charge on any atom is 0.310 e. The van der Waals surface area contributed by atoms with Gasteiger partial charge in [0.1, 0.15) is 18.1 Å². The summed E-state index contributed by atoms with van der Waals surface area (Å²) in [5.41, 5.74) is 1.21. The number of likely N-dealkylation sites (tertiary alicyclic amines) is 1. The number of piperidine rings is 1. The highest BCUT2D eigenvalue weighted by Gasteiger charge is 2.29. The molecule has 1 aliphatic rings. The number of esters is 1. The third-order valence-electron chi connectivity index (χ3n) is 5.37. The topological polar surface area (TPSA) is 93.1 Å². The minimum absolute atomic E-state index is 0.0384. The lowest BCUT2D eigenvalue weighted by atomic mass is 9.98. The summed E-state index contributed by atoms with van der Waals surface area (Å²) in [5.74, 6) is -0.376. The van der Waals surface area contributed by atoms with E-state index in [1.165, 1.54) is 6.07 Å². The predicted octanol–water partition coefficient (Wildman–Crippen LogP) is 3.38. The summed E-state index contributed by atoms with van der Waals surface area (Å²) in [6, 6.07) is 11.5. The number of amides is 1. The molecule has 1 saturated heterocycles. The van der Waals surface area contributed by atoms with E-state index >= 15 is 0 Å². The SMILES string of the molecule is CCOC(=O)Cc1ccccc1C(=O)N1CCCC[C@H]1COc1cccc(O)c1C=O. The summed E-state index contributed by atoms with van der Waals surface area (Å²) >= 11 is 0. The Hall–Kier alpha value is -3.35. The number of hydrogen-bond donors (Lipinski definition) is 1. The van der Waals surface area contributed by atoms with Crippen LogP contribution < -0.4 is 4.74 Å². The first-order valence-corrected chi connectivity index (χ1v) is 10.5. The Bertz CT molecular complexity index is 941. The Labute approximate surface area is 181 Å². The summed E-state index contributed by atoms with van der Waals surface area (Å²) in [7, 11) is 0. The van der Waals surface area contributed by atoms with Crippen LogP contribution in [0.1, 0.15) is 52.5 Å². The number of carbonyl (C=O) groups is 3. The molecule has 0 bridgehead atoms. The molecule has 1 N–H and O–H groups in total. The zero-order valence-corrected chi connectivity index (χ0v) is 17.6. The van der Waals surface area contributed by atoms with Crippen LogP contribution in [0, 0.1) is 0 Å². The molecule has 2 aromatic rings. The van der Waals surface area contributed by atoms with Gasteiger partial charge in [0, 0.05) is 12.1 Å². The monoisotopic (exact) mass is 425 g/mol. The lowest BCUT2D eigenvalue weighted by molar-refractivity contribution is -0.142. The number of aromatic hydroxyl groups is 1. The van der Waals surface area contributed by atoms with Gasteiger partial charge in [-0.25, -0.2) is 0 Å². The van der Waals surface area contributed by atoms with Crippen LogP contribution in [-0.4, -0.2) is 54.0 Å². The Kier molecular flexibility index (Phi) is 7.65. The van der Waals surface area contributed by atoms with Crippen LogP contribution in [0.5, 0.6) is 11.5 Å². The minimum atomic E-state index is -0.369. The van der Waals surface area contributed by atoms with Crippen molar-refractivity contribution in [2.75, 3.05) is 19.8 Å². The van der Waals surface area contributed by atoms with Gasteiger partial charge in [-0.05, 0) is 49.9 Å². The zero-order chi connectivity index (χ0) is 22.2. The molecule has 164 valence electrons. The van der Waals surface area contributed by atoms with Gasteiger partial charge in [-0.3, -0.25) is 14.4 Å². The van der Waals surface area contributed by atoms with Gasteiger partial charge >= 0.3 is 5.97 Å². The smallest absolute Gasteiger partial charge is 0.310 e. The summed E-state index contributed by atoms with van der Waals surface area (Å²) < 4.78 is 10.9. The van der Waals surface area contributed by atoms with Crippen molar-refractivity contribution in [3.05, 3.63) is 59.2 Å². The van der Waals surface area contributed by atoms with Crippen LogP contribution in [-0.2, 0) is 16.0 Å². The molecule has 1 heterocycles. The molecule has 1 amide bonds. The molecule has 0 aliphatic carbocycles. The number of carbonyl (C=O) groups excluding carboxylic acids is 3. The van der Waals surface area contributed by atoms with E-state index in [9.17, 15) is 19.5 Å². The number of phenols is 1. The molecule has 1 fully saturated rings. The lowest BCUT2D eigenvalue weighted by Gasteiger charge is -2.36. The van der Waals surface area contributed by atoms with E-state index in [0.717, 1.165) is 19.3 Å². The number of rotatable bonds is 8. The van der Waals surface area contributed by atoms with Gasteiger partial charge in [0.15, 0.2) is 6.29 Å². The molecule has 7 heteroatoms. The molecule has 0 unspecified atom stereocenters. The second-order valence-electron chi connectivity index (χ2n) is 7.40. The lowest BCUT2D eigenvalue weighted by Crippen LogP contribution is -2.47. The van der Waals surface area contributed by atoms with E-state index in [2.05, 4.69) is 0 Å². The summed E-state index contributed by atoms with van der Waals surface area (Å²) in [5, 5.41) is 9.84. The first-order valence-electron chi connectivity index (χ1n) is 10.5. The molecular weight excluding hydrogens is 398 g/mol. The van der Waals surface area contributed by atoms with Crippen molar-refractivity contribution in [3.8, 4) is 11.5 Å². The van der Waals surface area contributed by atoms with E-state index < -0.39 is 0 Å². The number of phenolic OH excluding ortho intramolecular Hbond substituents is 1. The van der Waals surface area contributed by atoms with Crippen LogP contribution in [0.2, 0.25) is 0 Å². The first kappa shape index (κ1) is 22.3. The van der Waals surface area contributed by atoms with E-state index in [1.807, 2.05) is 0 Å². The highest BCUT2D eigenvalue weighted by Crippen LogP contribution is 2.27. The number of ether oxygens (including phenoxy) is 2. The quantitative estimate of drug-likeness (QED) is 0.515. The first-order chi connectivity index (χ1) is 15.0. The Morgan fingerprint density at radius 3 is 2.74 bits per heavy atom. The number of aldehydes is 1. The van der Waals surface area contributed by atoms with Crippen molar-refractivity contribution >= 4 is 18.2 Å². The fraction of sp³-hybridized carbons (Fsp3) is 0.375. The van der Waals surface area contributed by atoms with E-state index in [-0.39, 0.29) is 54.6 Å². The molecule has 0 spiro atoms. The van der Waals surface area contributed by atoms with Gasteiger partial charge in [0.2, 0.25) is 0 Å².